The second kappa shape index (κ2) is 6.15. The number of thiophene rings is 1. The molecule has 6 heteroatoms. The third-order valence-electron chi connectivity index (χ3n) is 3.10. The molecule has 0 atom stereocenters. The number of anilines is 1. The van der Waals surface area contributed by atoms with Gasteiger partial charge in [0.2, 0.25) is 0 Å². The van der Waals surface area contributed by atoms with E-state index in [2.05, 4.69) is 15.9 Å². The Morgan fingerprint density at radius 1 is 1.43 bits per heavy atom. The van der Waals surface area contributed by atoms with Crippen LogP contribution in [0.5, 0.6) is 0 Å². The van der Waals surface area contributed by atoms with E-state index in [1.165, 1.54) is 13.2 Å². The summed E-state index contributed by atoms with van der Waals surface area (Å²) in [5.41, 5.74) is 7.66. The van der Waals surface area contributed by atoms with Crippen molar-refractivity contribution in [3.63, 3.8) is 0 Å². The van der Waals surface area contributed by atoms with Gasteiger partial charge >= 0.3 is 5.97 Å². The number of hydrogen-bond acceptors (Lipinski definition) is 4. The first-order valence-electron chi connectivity index (χ1n) is 6.32. The van der Waals surface area contributed by atoms with Gasteiger partial charge in [0.1, 0.15) is 10.7 Å². The Morgan fingerprint density at radius 2 is 2.10 bits per heavy atom. The standard InChI is InChI=1S/C15H15BrFNO2S/c1-7(2)11-12(18)14(15(19)20-3)21-13(11)9-6-8(16)4-5-10(9)17/h4-7H,18H2,1-3H3. The zero-order valence-electron chi connectivity index (χ0n) is 11.9. The molecule has 0 aliphatic carbocycles. The largest absolute Gasteiger partial charge is 0.465 e. The van der Waals surface area contributed by atoms with E-state index in [1.807, 2.05) is 13.8 Å². The number of esters is 1. The Labute approximate surface area is 135 Å². The highest BCUT2D eigenvalue weighted by Gasteiger charge is 2.25. The number of halogens is 2. The minimum absolute atomic E-state index is 0.0630. The van der Waals surface area contributed by atoms with E-state index in [1.54, 1.807) is 12.1 Å². The van der Waals surface area contributed by atoms with Crippen molar-refractivity contribution in [3.8, 4) is 10.4 Å². The zero-order chi connectivity index (χ0) is 15.7. The molecule has 1 aromatic carbocycles. The summed E-state index contributed by atoms with van der Waals surface area (Å²) < 4.78 is 19.7. The molecule has 0 spiro atoms. The molecule has 0 radical (unpaired) electrons. The van der Waals surface area contributed by atoms with Crippen molar-refractivity contribution in [3.05, 3.63) is 38.9 Å². The van der Waals surface area contributed by atoms with Crippen LogP contribution in [-0.2, 0) is 4.74 Å². The average Bonchev–Trinajstić information content (AvgIpc) is 2.78. The second-order valence-corrected chi connectivity index (χ2v) is 6.79. The van der Waals surface area contributed by atoms with E-state index in [9.17, 15) is 9.18 Å². The summed E-state index contributed by atoms with van der Waals surface area (Å²) in [6, 6.07) is 4.71. The lowest BCUT2D eigenvalue weighted by molar-refractivity contribution is 0.0607. The van der Waals surface area contributed by atoms with E-state index in [-0.39, 0.29) is 11.7 Å². The molecule has 0 saturated carbocycles. The lowest BCUT2D eigenvalue weighted by atomic mass is 9.98. The van der Waals surface area contributed by atoms with Crippen molar-refractivity contribution in [2.24, 2.45) is 0 Å². The molecule has 0 amide bonds. The summed E-state index contributed by atoms with van der Waals surface area (Å²) in [6.07, 6.45) is 0. The predicted octanol–water partition coefficient (Wildman–Crippen LogP) is 4.81. The number of carbonyl (C=O) groups is 1. The van der Waals surface area contributed by atoms with Gasteiger partial charge in [0.25, 0.3) is 0 Å². The molecule has 0 saturated heterocycles. The van der Waals surface area contributed by atoms with Gasteiger partial charge in [0.05, 0.1) is 12.8 Å². The van der Waals surface area contributed by atoms with E-state index in [0.717, 1.165) is 21.4 Å². The van der Waals surface area contributed by atoms with E-state index in [4.69, 9.17) is 10.5 Å². The molecule has 112 valence electrons. The van der Waals surface area contributed by atoms with Crippen molar-refractivity contribution in [1.29, 1.82) is 0 Å². The third kappa shape index (κ3) is 2.96. The summed E-state index contributed by atoms with van der Waals surface area (Å²) in [6.45, 7) is 3.91. The Hall–Kier alpha value is -1.40. The maximum absolute atomic E-state index is 14.2. The number of carbonyl (C=O) groups excluding carboxylic acids is 1. The number of nitrogen functional groups attached to an aromatic ring is 1. The van der Waals surface area contributed by atoms with Gasteiger partial charge in [-0.05, 0) is 29.7 Å². The first kappa shape index (κ1) is 16.0. The molecule has 2 aromatic rings. The van der Waals surface area contributed by atoms with E-state index in [0.29, 0.717) is 21.0 Å². The molecule has 2 N–H and O–H groups in total. The quantitative estimate of drug-likeness (QED) is 0.787. The highest BCUT2D eigenvalue weighted by atomic mass is 79.9. The van der Waals surface area contributed by atoms with Crippen molar-refractivity contribution >= 4 is 38.9 Å². The van der Waals surface area contributed by atoms with Crippen LogP contribution in [-0.4, -0.2) is 13.1 Å². The fourth-order valence-electron chi connectivity index (χ4n) is 2.15. The molecule has 0 aliphatic rings. The minimum atomic E-state index is -0.499. The molecule has 0 fully saturated rings. The Morgan fingerprint density at radius 3 is 2.67 bits per heavy atom. The van der Waals surface area contributed by atoms with Crippen LogP contribution in [0.25, 0.3) is 10.4 Å². The maximum Gasteiger partial charge on any atom is 0.350 e. The van der Waals surface area contributed by atoms with Gasteiger partial charge in [-0.2, -0.15) is 0 Å². The fraction of sp³-hybridized carbons (Fsp3) is 0.267. The molecule has 0 bridgehead atoms. The molecule has 1 heterocycles. The third-order valence-corrected chi connectivity index (χ3v) is 4.83. The van der Waals surface area contributed by atoms with Crippen molar-refractivity contribution in [2.75, 3.05) is 12.8 Å². The number of ether oxygens (including phenoxy) is 1. The summed E-state index contributed by atoms with van der Waals surface area (Å²) in [4.78, 5) is 12.8. The van der Waals surface area contributed by atoms with Crippen LogP contribution in [0.2, 0.25) is 0 Å². The summed E-state index contributed by atoms with van der Waals surface area (Å²) in [7, 11) is 1.30. The highest BCUT2D eigenvalue weighted by molar-refractivity contribution is 9.10. The van der Waals surface area contributed by atoms with Gasteiger partial charge in [-0.1, -0.05) is 29.8 Å². The lowest BCUT2D eigenvalue weighted by Crippen LogP contribution is -2.03. The van der Waals surface area contributed by atoms with Gasteiger partial charge in [0.15, 0.2) is 0 Å². The van der Waals surface area contributed by atoms with Crippen molar-refractivity contribution in [2.45, 2.75) is 19.8 Å². The number of methoxy groups -OCH3 is 1. The van der Waals surface area contributed by atoms with Crippen LogP contribution in [0.15, 0.2) is 22.7 Å². The van der Waals surface area contributed by atoms with Crippen molar-refractivity contribution < 1.29 is 13.9 Å². The monoisotopic (exact) mass is 371 g/mol. The second-order valence-electron chi connectivity index (χ2n) is 4.86. The Balaban J connectivity index is 2.73. The molecule has 0 unspecified atom stereocenters. The van der Waals surface area contributed by atoms with Gasteiger partial charge in [-0.25, -0.2) is 9.18 Å². The van der Waals surface area contributed by atoms with Gasteiger partial charge in [-0.3, -0.25) is 0 Å². The van der Waals surface area contributed by atoms with Gasteiger partial charge in [-0.15, -0.1) is 11.3 Å². The van der Waals surface area contributed by atoms with E-state index >= 15 is 0 Å². The van der Waals surface area contributed by atoms with E-state index < -0.39 is 5.97 Å². The average molecular weight is 372 g/mol. The number of nitrogens with two attached hydrogens (primary N) is 1. The summed E-state index contributed by atoms with van der Waals surface area (Å²) >= 11 is 4.50. The lowest BCUT2D eigenvalue weighted by Gasteiger charge is -2.10. The fourth-order valence-corrected chi connectivity index (χ4v) is 3.82. The summed E-state index contributed by atoms with van der Waals surface area (Å²) in [5.74, 6) is -0.785. The molecular formula is C15H15BrFNO2S. The smallest absolute Gasteiger partial charge is 0.350 e. The van der Waals surface area contributed by atoms with Crippen LogP contribution < -0.4 is 5.73 Å². The normalized spacial score (nSPS) is 11.0. The number of hydrogen-bond donors (Lipinski definition) is 1. The molecule has 2 rings (SSSR count). The molecule has 0 aliphatic heterocycles. The van der Waals surface area contributed by atoms with Crippen LogP contribution in [0, 0.1) is 5.82 Å². The van der Waals surface area contributed by atoms with Crippen molar-refractivity contribution in [1.82, 2.24) is 0 Å². The van der Waals surface area contributed by atoms with Gasteiger partial charge < -0.3 is 10.5 Å². The molecule has 3 nitrogen and oxygen atoms in total. The first-order valence-corrected chi connectivity index (χ1v) is 7.93. The molecular weight excluding hydrogens is 357 g/mol. The highest BCUT2D eigenvalue weighted by Crippen LogP contribution is 2.44. The topological polar surface area (TPSA) is 52.3 Å². The number of rotatable bonds is 3. The zero-order valence-corrected chi connectivity index (χ0v) is 14.3. The Kier molecular flexibility index (Phi) is 4.68. The van der Waals surface area contributed by atoms with Crippen LogP contribution in [0.1, 0.15) is 35.0 Å². The summed E-state index contributed by atoms with van der Waals surface area (Å²) in [5, 5.41) is 0. The van der Waals surface area contributed by atoms with Crippen LogP contribution in [0.3, 0.4) is 0 Å². The Bertz CT molecular complexity index is 697. The molecule has 21 heavy (non-hydrogen) atoms. The number of benzene rings is 1. The van der Waals surface area contributed by atoms with Gasteiger partial charge in [0, 0.05) is 14.9 Å². The predicted molar refractivity (Wildman–Crippen MR) is 87.3 cm³/mol. The van der Waals surface area contributed by atoms with Crippen LogP contribution in [0.4, 0.5) is 10.1 Å². The minimum Gasteiger partial charge on any atom is -0.465 e. The SMILES string of the molecule is COC(=O)c1sc(-c2cc(Br)ccc2F)c(C(C)C)c1N. The maximum atomic E-state index is 14.2. The van der Waals surface area contributed by atoms with Crippen LogP contribution >= 0.6 is 27.3 Å². The first-order chi connectivity index (χ1) is 9.86. The molecule has 1 aromatic heterocycles.